The minimum absolute atomic E-state index is 0. The first kappa shape index (κ1) is 24.5. The fourth-order valence-electron chi connectivity index (χ4n) is 2.17. The zero-order chi connectivity index (χ0) is 17.6. The van der Waals surface area contributed by atoms with Crippen molar-refractivity contribution in [2.45, 2.75) is 52.9 Å². The molecule has 2 N–H and O–H groups in total. The third-order valence-corrected chi connectivity index (χ3v) is 4.10. The second-order valence-corrected chi connectivity index (χ2v) is 6.99. The average molecular weight is 479 g/mol. The number of guanidine groups is 1. The molecule has 0 amide bonds. The van der Waals surface area contributed by atoms with E-state index in [0.717, 1.165) is 19.0 Å². The van der Waals surface area contributed by atoms with Crippen LogP contribution in [0.4, 0.5) is 0 Å². The summed E-state index contributed by atoms with van der Waals surface area (Å²) in [6, 6.07) is 8.47. The lowest BCUT2D eigenvalue weighted by Crippen LogP contribution is -2.37. The molecule has 1 aromatic carbocycles. The molecule has 6 heteroatoms. The number of rotatable bonds is 11. The highest BCUT2D eigenvalue weighted by Gasteiger charge is 2.00. The molecule has 0 unspecified atom stereocenters. The Hall–Kier alpha value is -0.470. The smallest absolute Gasteiger partial charge is 0.191 e. The van der Waals surface area contributed by atoms with E-state index in [1.807, 2.05) is 11.8 Å². The number of benzene rings is 1. The highest BCUT2D eigenvalue weighted by atomic mass is 127. The van der Waals surface area contributed by atoms with Gasteiger partial charge in [-0.25, -0.2) is 4.99 Å². The highest BCUT2D eigenvalue weighted by molar-refractivity contribution is 14.0. The van der Waals surface area contributed by atoms with Gasteiger partial charge in [-0.05, 0) is 56.7 Å². The van der Waals surface area contributed by atoms with Gasteiger partial charge in [-0.3, -0.25) is 0 Å². The second-order valence-electron chi connectivity index (χ2n) is 6.00. The minimum Gasteiger partial charge on any atom is -0.374 e. The van der Waals surface area contributed by atoms with Gasteiger partial charge in [0.15, 0.2) is 5.96 Å². The number of hydrogen-bond donors (Lipinski definition) is 2. The zero-order valence-corrected chi connectivity index (χ0v) is 19.2. The van der Waals surface area contributed by atoms with Crippen LogP contribution in [0.15, 0.2) is 29.3 Å². The predicted octanol–water partition coefficient (Wildman–Crippen LogP) is 4.43. The Labute approximate surface area is 175 Å². The molecule has 0 fully saturated rings. The predicted molar refractivity (Wildman–Crippen MR) is 122 cm³/mol. The van der Waals surface area contributed by atoms with E-state index >= 15 is 0 Å². The van der Waals surface area contributed by atoms with E-state index in [2.05, 4.69) is 66.9 Å². The summed E-state index contributed by atoms with van der Waals surface area (Å²) in [6.45, 7) is 9.38. The molecule has 0 aliphatic rings. The van der Waals surface area contributed by atoms with E-state index < -0.39 is 0 Å². The first-order valence-corrected chi connectivity index (χ1v) is 10.3. The molecule has 0 bridgehead atoms. The van der Waals surface area contributed by atoms with Crippen LogP contribution in [0.2, 0.25) is 0 Å². The van der Waals surface area contributed by atoms with Gasteiger partial charge in [0.05, 0.1) is 19.3 Å². The standard InChI is InChI=1S/C19H33N3OS.HI/c1-5-20-19(21-11-6-7-12-24-4)22-14-17-9-8-10-18(13-17)15-23-16(2)3;/h8-10,13,16H,5-7,11-12,14-15H2,1-4H3,(H2,20,21,22);1H. The van der Waals surface area contributed by atoms with Gasteiger partial charge < -0.3 is 15.4 Å². The van der Waals surface area contributed by atoms with Crippen LogP contribution >= 0.6 is 35.7 Å². The monoisotopic (exact) mass is 479 g/mol. The Morgan fingerprint density at radius 2 is 1.96 bits per heavy atom. The number of nitrogens with one attached hydrogen (secondary N) is 2. The molecule has 0 saturated heterocycles. The molecule has 0 spiro atoms. The lowest BCUT2D eigenvalue weighted by molar-refractivity contribution is 0.0657. The summed E-state index contributed by atoms with van der Waals surface area (Å²) < 4.78 is 5.67. The number of thioether (sulfide) groups is 1. The van der Waals surface area contributed by atoms with Gasteiger partial charge in [-0.15, -0.1) is 24.0 Å². The van der Waals surface area contributed by atoms with Gasteiger partial charge in [-0.2, -0.15) is 11.8 Å². The van der Waals surface area contributed by atoms with Crippen molar-refractivity contribution in [1.29, 1.82) is 0 Å². The Kier molecular flexibility index (Phi) is 15.5. The minimum atomic E-state index is 0. The molecule has 0 saturated carbocycles. The third kappa shape index (κ3) is 12.5. The van der Waals surface area contributed by atoms with E-state index in [4.69, 9.17) is 4.74 Å². The fraction of sp³-hybridized carbons (Fsp3) is 0.632. The lowest BCUT2D eigenvalue weighted by atomic mass is 10.1. The summed E-state index contributed by atoms with van der Waals surface area (Å²) in [7, 11) is 0. The van der Waals surface area contributed by atoms with Crippen molar-refractivity contribution in [2.24, 2.45) is 4.99 Å². The van der Waals surface area contributed by atoms with Crippen LogP contribution in [0.3, 0.4) is 0 Å². The molecular formula is C19H34IN3OS. The van der Waals surface area contributed by atoms with Crippen molar-refractivity contribution in [1.82, 2.24) is 10.6 Å². The molecule has 0 aliphatic carbocycles. The average Bonchev–Trinajstić information content (AvgIpc) is 2.58. The molecule has 1 aromatic rings. The molecule has 0 heterocycles. The Morgan fingerprint density at radius 3 is 2.64 bits per heavy atom. The van der Waals surface area contributed by atoms with Crippen LogP contribution in [0.1, 0.15) is 44.7 Å². The molecule has 1 rings (SSSR count). The van der Waals surface area contributed by atoms with Crippen molar-refractivity contribution in [3.05, 3.63) is 35.4 Å². The molecule has 0 aromatic heterocycles. The second kappa shape index (κ2) is 15.8. The van der Waals surface area contributed by atoms with Crippen LogP contribution in [0.5, 0.6) is 0 Å². The zero-order valence-electron chi connectivity index (χ0n) is 16.0. The highest BCUT2D eigenvalue weighted by Crippen LogP contribution is 2.09. The fourth-order valence-corrected chi connectivity index (χ4v) is 2.66. The number of unbranched alkanes of at least 4 members (excludes halogenated alkanes) is 1. The molecule has 0 aliphatic heterocycles. The normalized spacial score (nSPS) is 11.3. The first-order valence-electron chi connectivity index (χ1n) is 8.86. The lowest BCUT2D eigenvalue weighted by Gasteiger charge is -2.12. The number of hydrogen-bond acceptors (Lipinski definition) is 3. The van der Waals surface area contributed by atoms with Crippen LogP contribution in [-0.2, 0) is 17.9 Å². The quantitative estimate of drug-likeness (QED) is 0.213. The Balaban J connectivity index is 0.00000576. The van der Waals surface area contributed by atoms with E-state index in [1.54, 1.807) is 0 Å². The maximum atomic E-state index is 5.67. The van der Waals surface area contributed by atoms with Gasteiger partial charge in [0.2, 0.25) is 0 Å². The SMILES string of the molecule is CCNC(=NCc1cccc(COC(C)C)c1)NCCCCSC.I. The van der Waals surface area contributed by atoms with E-state index in [0.29, 0.717) is 13.2 Å². The van der Waals surface area contributed by atoms with Gasteiger partial charge in [-0.1, -0.05) is 24.3 Å². The summed E-state index contributed by atoms with van der Waals surface area (Å²) >= 11 is 1.90. The molecule has 25 heavy (non-hydrogen) atoms. The molecular weight excluding hydrogens is 445 g/mol. The summed E-state index contributed by atoms with van der Waals surface area (Å²) in [5.74, 6) is 2.12. The topological polar surface area (TPSA) is 45.7 Å². The van der Waals surface area contributed by atoms with Gasteiger partial charge in [0.25, 0.3) is 0 Å². The largest absolute Gasteiger partial charge is 0.374 e. The summed E-state index contributed by atoms with van der Waals surface area (Å²) in [5.41, 5.74) is 2.41. The van der Waals surface area contributed by atoms with Crippen LogP contribution in [0.25, 0.3) is 0 Å². The summed E-state index contributed by atoms with van der Waals surface area (Å²) in [6.07, 6.45) is 4.82. The maximum Gasteiger partial charge on any atom is 0.191 e. The van der Waals surface area contributed by atoms with Crippen LogP contribution in [0, 0.1) is 0 Å². The first-order chi connectivity index (χ1) is 11.7. The maximum absolute atomic E-state index is 5.67. The molecule has 144 valence electrons. The summed E-state index contributed by atoms with van der Waals surface area (Å²) in [4.78, 5) is 4.69. The molecule has 0 radical (unpaired) electrons. The van der Waals surface area contributed by atoms with E-state index in [1.165, 1.54) is 29.7 Å². The van der Waals surface area contributed by atoms with Crippen molar-refractivity contribution in [3.63, 3.8) is 0 Å². The number of halogens is 1. The molecule has 4 nitrogen and oxygen atoms in total. The third-order valence-electron chi connectivity index (χ3n) is 3.41. The summed E-state index contributed by atoms with van der Waals surface area (Å²) in [5, 5.41) is 6.72. The van der Waals surface area contributed by atoms with Gasteiger partial charge in [0.1, 0.15) is 0 Å². The Morgan fingerprint density at radius 1 is 1.20 bits per heavy atom. The van der Waals surface area contributed by atoms with Crippen molar-refractivity contribution >= 4 is 41.7 Å². The van der Waals surface area contributed by atoms with Crippen LogP contribution < -0.4 is 10.6 Å². The van der Waals surface area contributed by atoms with Gasteiger partial charge >= 0.3 is 0 Å². The number of nitrogens with zero attached hydrogens (tertiary/aromatic N) is 1. The van der Waals surface area contributed by atoms with Crippen molar-refractivity contribution in [3.8, 4) is 0 Å². The molecule has 0 atom stereocenters. The van der Waals surface area contributed by atoms with Crippen molar-refractivity contribution < 1.29 is 4.74 Å². The van der Waals surface area contributed by atoms with Gasteiger partial charge in [0, 0.05) is 13.1 Å². The number of ether oxygens (including phenoxy) is 1. The van der Waals surface area contributed by atoms with E-state index in [9.17, 15) is 0 Å². The van der Waals surface area contributed by atoms with E-state index in [-0.39, 0.29) is 30.1 Å². The van der Waals surface area contributed by atoms with Crippen molar-refractivity contribution in [2.75, 3.05) is 25.1 Å². The Bertz CT molecular complexity index is 483. The number of aliphatic imine (C=N–C) groups is 1. The van der Waals surface area contributed by atoms with Crippen LogP contribution in [-0.4, -0.2) is 37.2 Å².